The van der Waals surface area contributed by atoms with Crippen LogP contribution in [0.1, 0.15) is 48.5 Å². The summed E-state index contributed by atoms with van der Waals surface area (Å²) < 4.78 is 34.5. The molecule has 0 bridgehead atoms. The Morgan fingerprint density at radius 3 is 2.23 bits per heavy atom. The highest BCUT2D eigenvalue weighted by molar-refractivity contribution is 7.80. The van der Waals surface area contributed by atoms with Crippen LogP contribution < -0.4 is 5.32 Å². The first-order chi connectivity index (χ1) is 13.8. The molecule has 0 aromatic heterocycles. The van der Waals surface area contributed by atoms with Crippen LogP contribution in [0.5, 0.6) is 0 Å². The van der Waals surface area contributed by atoms with Crippen molar-refractivity contribution in [2.24, 2.45) is 10.8 Å². The summed E-state index contributed by atoms with van der Waals surface area (Å²) in [4.78, 5) is 24.9. The second-order valence-electron chi connectivity index (χ2n) is 9.38. The van der Waals surface area contributed by atoms with Crippen molar-refractivity contribution >= 4 is 29.3 Å². The van der Waals surface area contributed by atoms with Crippen LogP contribution in [0.15, 0.2) is 0 Å². The molecule has 0 spiro atoms. The van der Waals surface area contributed by atoms with Gasteiger partial charge < -0.3 is 33.7 Å². The number of nitrogens with one attached hydrogen (secondary N) is 1. The van der Waals surface area contributed by atoms with Crippen molar-refractivity contribution in [2.45, 2.75) is 78.8 Å². The molecular formula is C20H33NO8S. The van der Waals surface area contributed by atoms with Gasteiger partial charge in [0.15, 0.2) is 12.4 Å². The van der Waals surface area contributed by atoms with Crippen LogP contribution in [0.4, 0.5) is 0 Å². The SMILES string of the molecule is CCO[C@@]12NC(=S)O[C@@H]1[C@@H](COC(=O)C(C)(C)C)O[C@H](OC)[C@@H]2OC(=O)C(C)(C)C. The van der Waals surface area contributed by atoms with E-state index in [-0.39, 0.29) is 18.4 Å². The predicted molar refractivity (Wildman–Crippen MR) is 110 cm³/mol. The lowest BCUT2D eigenvalue weighted by Crippen LogP contribution is -2.72. The first-order valence-electron chi connectivity index (χ1n) is 9.95. The Morgan fingerprint density at radius 1 is 1.13 bits per heavy atom. The largest absolute Gasteiger partial charge is 0.462 e. The summed E-state index contributed by atoms with van der Waals surface area (Å²) in [6.45, 7) is 12.4. The molecule has 2 aliphatic heterocycles. The van der Waals surface area contributed by atoms with E-state index in [4.69, 9.17) is 40.6 Å². The van der Waals surface area contributed by atoms with Gasteiger partial charge in [0.25, 0.3) is 5.17 Å². The highest BCUT2D eigenvalue weighted by atomic mass is 32.1. The number of carbonyl (C=O) groups is 2. The Labute approximate surface area is 183 Å². The van der Waals surface area contributed by atoms with E-state index in [0.29, 0.717) is 0 Å². The van der Waals surface area contributed by atoms with E-state index in [1.165, 1.54) is 7.11 Å². The highest BCUT2D eigenvalue weighted by Gasteiger charge is 2.66. The van der Waals surface area contributed by atoms with Crippen LogP contribution >= 0.6 is 12.2 Å². The molecule has 0 radical (unpaired) electrons. The summed E-state index contributed by atoms with van der Waals surface area (Å²) in [5.74, 6) is -0.856. The first-order valence-corrected chi connectivity index (χ1v) is 10.4. The molecule has 2 heterocycles. The maximum absolute atomic E-state index is 12.7. The minimum absolute atomic E-state index is 0.0674. The van der Waals surface area contributed by atoms with Crippen molar-refractivity contribution < 1.29 is 38.0 Å². The summed E-state index contributed by atoms with van der Waals surface area (Å²) in [5.41, 5.74) is -2.80. The van der Waals surface area contributed by atoms with Gasteiger partial charge in [0, 0.05) is 13.7 Å². The van der Waals surface area contributed by atoms with Gasteiger partial charge >= 0.3 is 11.9 Å². The molecule has 9 nitrogen and oxygen atoms in total. The number of ether oxygens (including phenoxy) is 6. The zero-order valence-corrected chi connectivity index (χ0v) is 19.7. The van der Waals surface area contributed by atoms with Crippen molar-refractivity contribution in [2.75, 3.05) is 20.3 Å². The van der Waals surface area contributed by atoms with E-state index in [2.05, 4.69) is 5.32 Å². The Morgan fingerprint density at radius 2 is 1.73 bits per heavy atom. The van der Waals surface area contributed by atoms with Gasteiger partial charge in [-0.05, 0) is 60.7 Å². The number of hydrogen-bond donors (Lipinski definition) is 1. The number of fused-ring (bicyclic) bond motifs is 1. The van der Waals surface area contributed by atoms with E-state index in [1.807, 2.05) is 0 Å². The van der Waals surface area contributed by atoms with Gasteiger partial charge in [0.1, 0.15) is 12.7 Å². The molecule has 0 aromatic carbocycles. The van der Waals surface area contributed by atoms with Gasteiger partial charge in [0.05, 0.1) is 10.8 Å². The van der Waals surface area contributed by atoms with E-state index < -0.39 is 53.1 Å². The second-order valence-corrected chi connectivity index (χ2v) is 9.75. The van der Waals surface area contributed by atoms with E-state index in [1.54, 1.807) is 48.5 Å². The lowest BCUT2D eigenvalue weighted by atomic mass is 9.91. The van der Waals surface area contributed by atoms with Gasteiger partial charge in [-0.2, -0.15) is 0 Å². The molecule has 1 N–H and O–H groups in total. The molecule has 2 saturated heterocycles. The van der Waals surface area contributed by atoms with Crippen LogP contribution in [0.25, 0.3) is 0 Å². The molecular weight excluding hydrogens is 414 g/mol. The molecule has 172 valence electrons. The molecule has 0 saturated carbocycles. The summed E-state index contributed by atoms with van der Waals surface area (Å²) in [6.07, 6.45) is -3.63. The van der Waals surface area contributed by atoms with Crippen molar-refractivity contribution in [3.8, 4) is 0 Å². The summed E-state index contributed by atoms with van der Waals surface area (Å²) >= 11 is 5.22. The third-order valence-corrected chi connectivity index (χ3v) is 4.92. The average molecular weight is 448 g/mol. The maximum Gasteiger partial charge on any atom is 0.311 e. The van der Waals surface area contributed by atoms with Crippen LogP contribution in [-0.4, -0.2) is 67.8 Å². The average Bonchev–Trinajstić information content (AvgIpc) is 2.96. The summed E-state index contributed by atoms with van der Waals surface area (Å²) in [6, 6.07) is 0. The van der Waals surface area contributed by atoms with E-state index in [0.717, 1.165) is 0 Å². The predicted octanol–water partition coefficient (Wildman–Crippen LogP) is 1.91. The minimum Gasteiger partial charge on any atom is -0.462 e. The first kappa shape index (κ1) is 24.8. The van der Waals surface area contributed by atoms with Crippen molar-refractivity contribution in [1.29, 1.82) is 0 Å². The molecule has 30 heavy (non-hydrogen) atoms. The van der Waals surface area contributed by atoms with Gasteiger partial charge in [-0.1, -0.05) is 0 Å². The smallest absolute Gasteiger partial charge is 0.311 e. The number of esters is 2. The lowest BCUT2D eigenvalue weighted by Gasteiger charge is -2.48. The zero-order valence-electron chi connectivity index (χ0n) is 18.9. The Bertz CT molecular complexity index is 671. The molecule has 2 rings (SSSR count). The van der Waals surface area contributed by atoms with Gasteiger partial charge in [-0.15, -0.1) is 0 Å². The number of methoxy groups -OCH3 is 1. The Balaban J connectivity index is 2.37. The normalized spacial score (nSPS) is 31.4. The van der Waals surface area contributed by atoms with E-state index >= 15 is 0 Å². The minimum atomic E-state index is -1.36. The highest BCUT2D eigenvalue weighted by Crippen LogP contribution is 2.40. The number of rotatable bonds is 6. The fourth-order valence-electron chi connectivity index (χ4n) is 3.12. The van der Waals surface area contributed by atoms with Crippen molar-refractivity contribution in [3.63, 3.8) is 0 Å². The van der Waals surface area contributed by atoms with Gasteiger partial charge in [-0.25, -0.2) is 0 Å². The fourth-order valence-corrected chi connectivity index (χ4v) is 3.38. The third kappa shape index (κ3) is 5.04. The lowest BCUT2D eigenvalue weighted by molar-refractivity contribution is -0.330. The molecule has 5 atom stereocenters. The van der Waals surface area contributed by atoms with Crippen LogP contribution in [0, 0.1) is 10.8 Å². The summed E-state index contributed by atoms with van der Waals surface area (Å²) in [7, 11) is 1.43. The molecule has 0 aliphatic carbocycles. The topological polar surface area (TPSA) is 102 Å². The van der Waals surface area contributed by atoms with Gasteiger partial charge in [-0.3, -0.25) is 9.59 Å². The molecule has 0 aromatic rings. The summed E-state index contributed by atoms with van der Waals surface area (Å²) in [5, 5.41) is 3.07. The Kier molecular flexibility index (Phi) is 7.38. The molecule has 10 heteroatoms. The molecule has 2 aliphatic rings. The fraction of sp³-hybridized carbons (Fsp3) is 0.850. The second kappa shape index (κ2) is 8.94. The maximum atomic E-state index is 12.7. The number of hydrogen-bond acceptors (Lipinski definition) is 9. The number of carbonyl (C=O) groups excluding carboxylic acids is 2. The monoisotopic (exact) mass is 447 g/mol. The van der Waals surface area contributed by atoms with E-state index in [9.17, 15) is 9.59 Å². The van der Waals surface area contributed by atoms with Crippen molar-refractivity contribution in [3.05, 3.63) is 0 Å². The van der Waals surface area contributed by atoms with Crippen LogP contribution in [0.2, 0.25) is 0 Å². The quantitative estimate of drug-likeness (QED) is 0.480. The zero-order chi connectivity index (χ0) is 22.9. The third-order valence-electron chi connectivity index (χ3n) is 4.72. The van der Waals surface area contributed by atoms with Crippen LogP contribution in [0.3, 0.4) is 0 Å². The van der Waals surface area contributed by atoms with Gasteiger partial charge in [0.2, 0.25) is 11.8 Å². The van der Waals surface area contributed by atoms with Crippen LogP contribution in [-0.2, 0) is 38.0 Å². The molecule has 0 unspecified atom stereocenters. The molecule has 2 fully saturated rings. The standard InChI is InChI=1S/C20H33NO8S/c1-9-26-20-12(29-17(30)21-20)11(10-25-15(22)18(2,3)4)27-14(24-8)13(20)28-16(23)19(5,6)7/h11-14H,9-10H2,1-8H3,(H,21,30)/t11-,12-,13+,14+,20+/m1/s1. The van der Waals surface area contributed by atoms with Crippen molar-refractivity contribution in [1.82, 2.24) is 5.32 Å². The number of thiocarbonyl (C=S) groups is 1. The molecule has 0 amide bonds. The Hall–Kier alpha value is -1.49.